The number of para-hydroxylation sites is 1. The number of rotatable bonds is 5. The van der Waals surface area contributed by atoms with Crippen LogP contribution in [0.3, 0.4) is 0 Å². The van der Waals surface area contributed by atoms with Crippen LogP contribution in [0.25, 0.3) is 10.2 Å². The van der Waals surface area contributed by atoms with Crippen LogP contribution in [-0.4, -0.2) is 11.0 Å². The van der Waals surface area contributed by atoms with Crippen molar-refractivity contribution < 1.29 is 0 Å². The zero-order chi connectivity index (χ0) is 12.3. The minimum absolute atomic E-state index is 0.520. The summed E-state index contributed by atoms with van der Waals surface area (Å²) in [6, 6.07) is 8.80. The van der Waals surface area contributed by atoms with E-state index in [1.54, 1.807) is 23.3 Å². The fraction of sp³-hybridized carbons (Fsp3) is 0.462. The first-order chi connectivity index (χ1) is 8.15. The Hall–Kier alpha value is -0.580. The van der Waals surface area contributed by atoms with Crippen LogP contribution in [0, 0.1) is 5.92 Å². The topological polar surface area (TPSA) is 24.9 Å². The van der Waals surface area contributed by atoms with Crippen molar-refractivity contribution in [1.29, 1.82) is 0 Å². The van der Waals surface area contributed by atoms with E-state index in [2.05, 4.69) is 48.7 Å². The van der Waals surface area contributed by atoms with Gasteiger partial charge in [0.1, 0.15) is 0 Å². The monoisotopic (exact) mass is 266 g/mol. The zero-order valence-corrected chi connectivity index (χ0v) is 12.1. The fourth-order valence-corrected chi connectivity index (χ4v) is 3.62. The first-order valence-corrected chi connectivity index (χ1v) is 7.56. The van der Waals surface area contributed by atoms with Gasteiger partial charge < -0.3 is 0 Å². The second kappa shape index (κ2) is 5.85. The number of hydrogen-bond acceptors (Lipinski definition) is 4. The van der Waals surface area contributed by atoms with E-state index in [-0.39, 0.29) is 0 Å². The fourth-order valence-electron chi connectivity index (χ4n) is 1.80. The summed E-state index contributed by atoms with van der Waals surface area (Å²) in [5.41, 5.74) is 1.10. The van der Waals surface area contributed by atoms with Crippen LogP contribution in [0.5, 0.6) is 0 Å². The Morgan fingerprint density at radius 2 is 2.06 bits per heavy atom. The zero-order valence-electron chi connectivity index (χ0n) is 10.4. The molecular formula is C13H18N2S2. The second-order valence-electron chi connectivity index (χ2n) is 4.70. The highest BCUT2D eigenvalue weighted by Crippen LogP contribution is 2.28. The van der Waals surface area contributed by atoms with Gasteiger partial charge in [-0.15, -0.1) is 11.3 Å². The molecule has 0 spiro atoms. The molecule has 1 aromatic carbocycles. The number of thiazole rings is 1. The average Bonchev–Trinajstić information content (AvgIpc) is 2.68. The Labute approximate surface area is 111 Å². The summed E-state index contributed by atoms with van der Waals surface area (Å²) >= 11 is 3.40. The van der Waals surface area contributed by atoms with Gasteiger partial charge in [0.05, 0.1) is 10.2 Å². The summed E-state index contributed by atoms with van der Waals surface area (Å²) in [5.74, 6) is 0.730. The molecule has 1 N–H and O–H groups in total. The van der Waals surface area contributed by atoms with E-state index < -0.39 is 0 Å². The van der Waals surface area contributed by atoms with Crippen molar-refractivity contribution in [2.75, 3.05) is 0 Å². The van der Waals surface area contributed by atoms with Crippen molar-refractivity contribution in [2.24, 2.45) is 5.92 Å². The maximum atomic E-state index is 4.58. The van der Waals surface area contributed by atoms with E-state index in [0.29, 0.717) is 6.04 Å². The molecule has 4 heteroatoms. The van der Waals surface area contributed by atoms with Gasteiger partial charge in [-0.05, 0) is 43.3 Å². The lowest BCUT2D eigenvalue weighted by Crippen LogP contribution is -2.20. The summed E-state index contributed by atoms with van der Waals surface area (Å²) < 4.78 is 5.81. The predicted molar refractivity (Wildman–Crippen MR) is 77.5 cm³/mol. The smallest absolute Gasteiger partial charge is 0.166 e. The van der Waals surface area contributed by atoms with Crippen molar-refractivity contribution >= 4 is 33.5 Å². The minimum Gasteiger partial charge on any atom is -0.255 e. The Morgan fingerprint density at radius 3 is 2.76 bits per heavy atom. The molecule has 1 heterocycles. The van der Waals surface area contributed by atoms with E-state index in [1.165, 1.54) is 11.1 Å². The third kappa shape index (κ3) is 3.69. The SMILES string of the molecule is CC(C)CC(C)NSc1nc2ccccc2s1. The minimum atomic E-state index is 0.520. The highest BCUT2D eigenvalue weighted by Gasteiger charge is 2.07. The normalized spacial score (nSPS) is 13.4. The van der Waals surface area contributed by atoms with Crippen molar-refractivity contribution in [2.45, 2.75) is 37.6 Å². The first-order valence-electron chi connectivity index (χ1n) is 5.93. The molecule has 0 fully saturated rings. The van der Waals surface area contributed by atoms with Crippen LogP contribution in [0.1, 0.15) is 27.2 Å². The predicted octanol–water partition coefficient (Wildman–Crippen LogP) is 4.33. The quantitative estimate of drug-likeness (QED) is 0.815. The van der Waals surface area contributed by atoms with Gasteiger partial charge in [-0.2, -0.15) is 0 Å². The molecule has 92 valence electrons. The standard InChI is InChI=1S/C13H18N2S2/c1-9(2)8-10(3)15-17-13-14-11-6-4-5-7-12(11)16-13/h4-7,9-10,15H,8H2,1-3H3. The molecule has 0 radical (unpaired) electrons. The molecule has 0 bridgehead atoms. The third-order valence-corrected chi connectivity index (χ3v) is 4.56. The van der Waals surface area contributed by atoms with E-state index in [1.807, 2.05) is 6.07 Å². The molecule has 1 atom stereocenters. The Kier molecular flexibility index (Phi) is 4.42. The molecule has 0 aliphatic heterocycles. The van der Waals surface area contributed by atoms with Crippen molar-refractivity contribution in [3.05, 3.63) is 24.3 Å². The summed E-state index contributed by atoms with van der Waals surface area (Å²) in [7, 11) is 0. The van der Waals surface area contributed by atoms with Crippen molar-refractivity contribution in [3.8, 4) is 0 Å². The molecule has 1 aromatic heterocycles. The second-order valence-corrected chi connectivity index (χ2v) is 6.81. The van der Waals surface area contributed by atoms with E-state index in [9.17, 15) is 0 Å². The van der Waals surface area contributed by atoms with Crippen LogP contribution < -0.4 is 4.72 Å². The average molecular weight is 266 g/mol. The van der Waals surface area contributed by atoms with Gasteiger partial charge in [-0.3, -0.25) is 4.72 Å². The summed E-state index contributed by atoms with van der Waals surface area (Å²) in [6.45, 7) is 6.72. The van der Waals surface area contributed by atoms with Crippen LogP contribution in [0.2, 0.25) is 0 Å². The number of nitrogens with one attached hydrogen (secondary N) is 1. The number of aromatic nitrogens is 1. The lowest BCUT2D eigenvalue weighted by molar-refractivity contribution is 0.502. The van der Waals surface area contributed by atoms with Crippen LogP contribution in [0.15, 0.2) is 28.6 Å². The molecule has 0 aliphatic rings. The van der Waals surface area contributed by atoms with Crippen LogP contribution in [0.4, 0.5) is 0 Å². The highest BCUT2D eigenvalue weighted by molar-refractivity contribution is 7.99. The van der Waals surface area contributed by atoms with Gasteiger partial charge in [-0.25, -0.2) is 4.98 Å². The third-order valence-electron chi connectivity index (χ3n) is 2.45. The molecule has 0 amide bonds. The highest BCUT2D eigenvalue weighted by atomic mass is 32.2. The molecule has 17 heavy (non-hydrogen) atoms. The lowest BCUT2D eigenvalue weighted by atomic mass is 10.1. The van der Waals surface area contributed by atoms with Gasteiger partial charge in [0, 0.05) is 6.04 Å². The number of fused-ring (bicyclic) bond motifs is 1. The Morgan fingerprint density at radius 1 is 1.29 bits per heavy atom. The van der Waals surface area contributed by atoms with Crippen LogP contribution >= 0.6 is 23.3 Å². The van der Waals surface area contributed by atoms with E-state index in [0.717, 1.165) is 15.8 Å². The first kappa shape index (κ1) is 12.9. The number of nitrogens with zero attached hydrogens (tertiary/aromatic N) is 1. The Bertz CT molecular complexity index is 446. The van der Waals surface area contributed by atoms with Crippen molar-refractivity contribution in [3.63, 3.8) is 0 Å². The molecule has 0 aliphatic carbocycles. The largest absolute Gasteiger partial charge is 0.255 e. The molecular weight excluding hydrogens is 248 g/mol. The summed E-state index contributed by atoms with van der Waals surface area (Å²) in [5, 5.41) is 0. The Balaban J connectivity index is 1.95. The van der Waals surface area contributed by atoms with Crippen molar-refractivity contribution in [1.82, 2.24) is 9.71 Å². The maximum absolute atomic E-state index is 4.58. The molecule has 2 rings (SSSR count). The summed E-state index contributed by atoms with van der Waals surface area (Å²) in [6.07, 6.45) is 1.19. The lowest BCUT2D eigenvalue weighted by Gasteiger charge is -2.13. The van der Waals surface area contributed by atoms with E-state index >= 15 is 0 Å². The van der Waals surface area contributed by atoms with Crippen LogP contribution in [-0.2, 0) is 0 Å². The number of benzene rings is 1. The van der Waals surface area contributed by atoms with Gasteiger partial charge in [-0.1, -0.05) is 26.0 Å². The van der Waals surface area contributed by atoms with Gasteiger partial charge in [0.15, 0.2) is 4.34 Å². The maximum Gasteiger partial charge on any atom is 0.166 e. The van der Waals surface area contributed by atoms with E-state index in [4.69, 9.17) is 0 Å². The molecule has 0 saturated heterocycles. The number of hydrogen-bond donors (Lipinski definition) is 1. The van der Waals surface area contributed by atoms with Gasteiger partial charge in [0.2, 0.25) is 0 Å². The summed E-state index contributed by atoms with van der Waals surface area (Å²) in [4.78, 5) is 4.58. The molecule has 2 aromatic rings. The van der Waals surface area contributed by atoms with Gasteiger partial charge in [0.25, 0.3) is 0 Å². The molecule has 1 unspecified atom stereocenters. The van der Waals surface area contributed by atoms with Gasteiger partial charge >= 0.3 is 0 Å². The molecule has 2 nitrogen and oxygen atoms in total. The molecule has 0 saturated carbocycles.